The van der Waals surface area contributed by atoms with Crippen molar-refractivity contribution in [1.82, 2.24) is 9.88 Å². The van der Waals surface area contributed by atoms with Crippen molar-refractivity contribution in [1.29, 1.82) is 0 Å². The van der Waals surface area contributed by atoms with E-state index < -0.39 is 66.0 Å². The molecule has 1 N–H and O–H groups in total. The minimum atomic E-state index is -5.02. The maximum absolute atomic E-state index is 13.6. The number of ether oxygens (including phenoxy) is 2. The first kappa shape index (κ1) is 31.7. The highest BCUT2D eigenvalue weighted by molar-refractivity contribution is 5.78. The maximum atomic E-state index is 13.6. The van der Waals surface area contributed by atoms with Gasteiger partial charge in [-0.1, -0.05) is 12.1 Å². The van der Waals surface area contributed by atoms with Crippen molar-refractivity contribution in [2.45, 2.75) is 63.1 Å². The third-order valence-electron chi connectivity index (χ3n) is 9.24. The molecule has 1 saturated carbocycles. The van der Waals surface area contributed by atoms with Crippen molar-refractivity contribution in [2.24, 2.45) is 11.8 Å². The second-order valence-electron chi connectivity index (χ2n) is 12.1. The largest absolute Gasteiger partial charge is 0.496 e. The van der Waals surface area contributed by atoms with Crippen molar-refractivity contribution in [3.8, 4) is 16.9 Å². The lowest BCUT2D eigenvalue weighted by Gasteiger charge is -2.33. The number of pyridine rings is 1. The van der Waals surface area contributed by atoms with E-state index in [4.69, 9.17) is 14.5 Å². The second-order valence-corrected chi connectivity index (χ2v) is 12.1. The van der Waals surface area contributed by atoms with E-state index in [9.17, 15) is 41.0 Å². The number of alkyl halides is 6. The molecule has 3 fully saturated rings. The molecule has 0 spiro atoms. The molecule has 2 unspecified atom stereocenters. The van der Waals surface area contributed by atoms with Gasteiger partial charge in [0.2, 0.25) is 0 Å². The molecule has 1 aromatic heterocycles. The minimum Gasteiger partial charge on any atom is -0.496 e. The van der Waals surface area contributed by atoms with E-state index >= 15 is 0 Å². The fourth-order valence-corrected chi connectivity index (χ4v) is 6.44. The Labute approximate surface area is 260 Å². The van der Waals surface area contributed by atoms with Crippen LogP contribution in [0.2, 0.25) is 0 Å². The number of hydrogen-bond acceptors (Lipinski definition) is 6. The first-order valence-corrected chi connectivity index (χ1v) is 14.9. The van der Waals surface area contributed by atoms with Crippen LogP contribution >= 0.6 is 0 Å². The molecule has 1 aromatic carbocycles. The SMILES string of the molecule is COc1ccc([C@H]2C[C@@H]2C(=O)O)cc1-c1ccc(N2CCC2)nc1CN1C(=O)O[C@H](C2C=C(C(F)(F)F)C=C(C(F)(F)F)C2)C1C. The van der Waals surface area contributed by atoms with Gasteiger partial charge in [-0.15, -0.1) is 0 Å². The number of allylic oxidation sites excluding steroid dienone is 3. The number of rotatable bonds is 8. The minimum absolute atomic E-state index is 0.106. The van der Waals surface area contributed by atoms with Crippen molar-refractivity contribution in [2.75, 3.05) is 25.1 Å². The molecule has 0 bridgehead atoms. The highest BCUT2D eigenvalue weighted by Gasteiger charge is 2.49. The molecular weight excluding hydrogens is 620 g/mol. The molecule has 5 atom stereocenters. The van der Waals surface area contributed by atoms with Crippen LogP contribution < -0.4 is 9.64 Å². The molecule has 2 aliphatic carbocycles. The topological polar surface area (TPSA) is 92.2 Å². The summed E-state index contributed by atoms with van der Waals surface area (Å²) in [4.78, 5) is 32.9. The number of nitrogens with zero attached hydrogens (tertiary/aromatic N) is 3. The van der Waals surface area contributed by atoms with Gasteiger partial charge >= 0.3 is 24.4 Å². The van der Waals surface area contributed by atoms with Crippen molar-refractivity contribution < 1.29 is 50.5 Å². The van der Waals surface area contributed by atoms with Crippen LogP contribution in [0.3, 0.4) is 0 Å². The molecule has 2 aliphatic heterocycles. The van der Waals surface area contributed by atoms with Crippen LogP contribution in [0.5, 0.6) is 5.75 Å². The van der Waals surface area contributed by atoms with Gasteiger partial charge in [0.25, 0.3) is 0 Å². The fraction of sp³-hybridized carbons (Fsp3) is 0.469. The predicted octanol–water partition coefficient (Wildman–Crippen LogP) is 6.86. The number of aromatic nitrogens is 1. The number of hydrogen-bond donors (Lipinski definition) is 1. The fourth-order valence-electron chi connectivity index (χ4n) is 6.44. The number of halogens is 6. The zero-order valence-corrected chi connectivity index (χ0v) is 24.9. The molecular formula is C32H31F6N3O5. The van der Waals surface area contributed by atoms with Gasteiger partial charge in [0.1, 0.15) is 17.7 Å². The number of carbonyl (C=O) groups excluding carboxylic acids is 1. The molecule has 2 aromatic rings. The number of carboxylic acids is 1. The Morgan fingerprint density at radius 3 is 2.41 bits per heavy atom. The molecule has 8 nitrogen and oxygen atoms in total. The maximum Gasteiger partial charge on any atom is 0.416 e. The number of cyclic esters (lactones) is 1. The molecule has 0 radical (unpaired) electrons. The summed E-state index contributed by atoms with van der Waals surface area (Å²) in [5.41, 5.74) is -0.368. The predicted molar refractivity (Wildman–Crippen MR) is 153 cm³/mol. The van der Waals surface area contributed by atoms with Gasteiger partial charge in [-0.25, -0.2) is 9.78 Å². The summed E-state index contributed by atoms with van der Waals surface area (Å²) < 4.78 is 92.7. The molecule has 1 amide bonds. The van der Waals surface area contributed by atoms with Crippen molar-refractivity contribution in [3.05, 3.63) is 64.9 Å². The Morgan fingerprint density at radius 1 is 1.09 bits per heavy atom. The smallest absolute Gasteiger partial charge is 0.416 e. The average molecular weight is 652 g/mol. The monoisotopic (exact) mass is 651 g/mol. The summed E-state index contributed by atoms with van der Waals surface area (Å²) in [5, 5.41) is 9.45. The van der Waals surface area contributed by atoms with Crippen LogP contribution in [-0.4, -0.2) is 71.8 Å². The van der Waals surface area contributed by atoms with Crippen LogP contribution in [0.15, 0.2) is 53.6 Å². The molecule has 14 heteroatoms. The number of carbonyl (C=O) groups is 2. The summed E-state index contributed by atoms with van der Waals surface area (Å²) in [6.07, 6.45) is -10.6. The molecule has 6 rings (SSSR count). The number of amides is 1. The van der Waals surface area contributed by atoms with E-state index in [1.165, 1.54) is 18.9 Å². The van der Waals surface area contributed by atoms with Crippen molar-refractivity contribution >= 4 is 17.9 Å². The molecule has 4 aliphatic rings. The first-order valence-electron chi connectivity index (χ1n) is 14.9. The Morgan fingerprint density at radius 2 is 1.83 bits per heavy atom. The molecule has 3 heterocycles. The third-order valence-corrected chi connectivity index (χ3v) is 9.24. The normalized spacial score (nSPS) is 26.3. The van der Waals surface area contributed by atoms with Gasteiger partial charge in [-0.3, -0.25) is 9.69 Å². The third kappa shape index (κ3) is 6.01. The van der Waals surface area contributed by atoms with E-state index in [1.807, 2.05) is 23.1 Å². The number of benzene rings is 1. The lowest BCUT2D eigenvalue weighted by atomic mass is 9.83. The summed E-state index contributed by atoms with van der Waals surface area (Å²) in [6.45, 7) is 2.93. The van der Waals surface area contributed by atoms with Gasteiger partial charge in [0, 0.05) is 35.7 Å². The Bertz CT molecular complexity index is 1620. The van der Waals surface area contributed by atoms with Gasteiger partial charge in [-0.2, -0.15) is 26.3 Å². The summed E-state index contributed by atoms with van der Waals surface area (Å²) in [5.74, 6) is -1.79. The van der Waals surface area contributed by atoms with Gasteiger partial charge in [0.05, 0.1) is 36.9 Å². The van der Waals surface area contributed by atoms with Crippen LogP contribution in [0, 0.1) is 11.8 Å². The lowest BCUT2D eigenvalue weighted by molar-refractivity contribution is -0.138. The number of aliphatic carboxylic acids is 1. The van der Waals surface area contributed by atoms with E-state index in [-0.39, 0.29) is 18.5 Å². The zero-order valence-electron chi connectivity index (χ0n) is 24.9. The summed E-state index contributed by atoms with van der Waals surface area (Å²) >= 11 is 0. The summed E-state index contributed by atoms with van der Waals surface area (Å²) in [6, 6.07) is 8.13. The Balaban J connectivity index is 1.34. The van der Waals surface area contributed by atoms with Gasteiger partial charge in [-0.05, 0) is 68.0 Å². The molecule has 46 heavy (non-hydrogen) atoms. The quantitative estimate of drug-likeness (QED) is 0.312. The number of methoxy groups -OCH3 is 1. The van der Waals surface area contributed by atoms with E-state index in [0.29, 0.717) is 40.9 Å². The van der Waals surface area contributed by atoms with Gasteiger partial charge in [0.15, 0.2) is 0 Å². The standard InChI is InChI=1S/C32H31F6N3O5/c1-16-28(18-10-19(31(33,34)35)13-20(11-18)32(36,37)38)46-30(44)41(16)15-25-21(5-7-27(39-25)40-8-3-9-40)23-12-17(4-6-26(23)45-2)22-14-24(22)29(42)43/h4-7,10,12-13,16,18,22,24,28H,3,8-9,11,14-15H2,1-2H3,(H,42,43)/t16?,18?,22-,24+,28+/m1/s1. The van der Waals surface area contributed by atoms with Gasteiger partial charge < -0.3 is 19.5 Å². The molecule has 246 valence electrons. The number of carboxylic acid groups (broad SMARTS) is 1. The van der Waals surface area contributed by atoms with Crippen molar-refractivity contribution in [3.63, 3.8) is 0 Å². The average Bonchev–Trinajstić information content (AvgIpc) is 3.73. The van der Waals surface area contributed by atoms with Crippen LogP contribution in [0.1, 0.15) is 43.4 Å². The second kappa shape index (κ2) is 11.5. The van der Waals surface area contributed by atoms with E-state index in [2.05, 4.69) is 0 Å². The lowest BCUT2D eigenvalue weighted by Crippen LogP contribution is -2.39. The van der Waals surface area contributed by atoms with E-state index in [0.717, 1.165) is 25.1 Å². The first-order chi connectivity index (χ1) is 21.7. The van der Waals surface area contributed by atoms with Crippen LogP contribution in [0.25, 0.3) is 11.1 Å². The molecule has 2 saturated heterocycles. The Hall–Kier alpha value is -4.23. The number of anilines is 1. The summed E-state index contributed by atoms with van der Waals surface area (Å²) in [7, 11) is 1.48. The van der Waals surface area contributed by atoms with E-state index in [1.54, 1.807) is 12.1 Å². The zero-order chi connectivity index (χ0) is 33.1. The highest BCUT2D eigenvalue weighted by atomic mass is 19.4. The highest BCUT2D eigenvalue weighted by Crippen LogP contribution is 2.50. The van der Waals surface area contributed by atoms with Crippen LogP contribution in [0.4, 0.5) is 37.0 Å². The van der Waals surface area contributed by atoms with Crippen LogP contribution in [-0.2, 0) is 16.1 Å². The Kier molecular flexibility index (Phi) is 7.96.